The fraction of sp³-hybridized carbons (Fsp3) is 0.840. The molecule has 3 aliphatic rings. The minimum absolute atomic E-state index is 0.478. The molecule has 4 rings (SSSR count). The van der Waals surface area contributed by atoms with Gasteiger partial charge in [0.15, 0.2) is 0 Å². The summed E-state index contributed by atoms with van der Waals surface area (Å²) >= 11 is 0. The zero-order valence-electron chi connectivity index (χ0n) is 19.5. The Labute approximate surface area is 184 Å². The number of rotatable bonds is 7. The van der Waals surface area contributed by atoms with Crippen LogP contribution >= 0.6 is 0 Å². The van der Waals surface area contributed by atoms with E-state index < -0.39 is 0 Å². The fourth-order valence-corrected chi connectivity index (χ4v) is 5.62. The number of hydrogen-bond donors (Lipinski definition) is 1. The van der Waals surface area contributed by atoms with Gasteiger partial charge in [-0.3, -0.25) is 0 Å². The smallest absolute Gasteiger partial charge is 0.225 e. The van der Waals surface area contributed by atoms with E-state index in [4.69, 9.17) is 9.97 Å². The lowest BCUT2D eigenvalue weighted by Crippen LogP contribution is -2.44. The summed E-state index contributed by atoms with van der Waals surface area (Å²) in [6, 6.07) is 0.478. The van der Waals surface area contributed by atoms with Gasteiger partial charge in [-0.05, 0) is 63.8 Å². The summed E-state index contributed by atoms with van der Waals surface area (Å²) in [7, 11) is 0. The zero-order chi connectivity index (χ0) is 20.8. The Kier molecular flexibility index (Phi) is 7.86. The maximum absolute atomic E-state index is 5.15. The molecule has 0 radical (unpaired) electrons. The van der Waals surface area contributed by atoms with Crippen LogP contribution in [0.5, 0.6) is 0 Å². The first-order chi connectivity index (χ1) is 14.8. The molecule has 5 nitrogen and oxygen atoms in total. The Morgan fingerprint density at radius 3 is 2.43 bits per heavy atom. The molecule has 3 heterocycles. The van der Waals surface area contributed by atoms with Crippen molar-refractivity contribution in [2.24, 2.45) is 5.92 Å². The Morgan fingerprint density at radius 1 is 0.900 bits per heavy atom. The van der Waals surface area contributed by atoms with Gasteiger partial charge in [0.1, 0.15) is 5.82 Å². The SMILES string of the molecule is CCC(CC)CN1CCC[C@H](Nc2nc3c(c(N4CCCCCC4)n2)CCCC3)C1. The van der Waals surface area contributed by atoms with Crippen LogP contribution in [0.4, 0.5) is 11.8 Å². The second-order valence-electron chi connectivity index (χ2n) is 9.83. The molecule has 30 heavy (non-hydrogen) atoms. The van der Waals surface area contributed by atoms with Gasteiger partial charge in [0.2, 0.25) is 5.95 Å². The summed E-state index contributed by atoms with van der Waals surface area (Å²) < 4.78 is 0. The van der Waals surface area contributed by atoms with Crippen LogP contribution in [0.1, 0.15) is 89.3 Å². The van der Waals surface area contributed by atoms with Crippen molar-refractivity contribution < 1.29 is 0 Å². The average molecular weight is 414 g/mol. The molecular formula is C25H43N5. The number of piperidine rings is 1. The van der Waals surface area contributed by atoms with Crippen molar-refractivity contribution in [3.8, 4) is 0 Å². The summed E-state index contributed by atoms with van der Waals surface area (Å²) in [5.74, 6) is 2.98. The normalized spacial score (nSPS) is 23.3. The summed E-state index contributed by atoms with van der Waals surface area (Å²) in [6.45, 7) is 10.6. The molecule has 1 aromatic heterocycles. The van der Waals surface area contributed by atoms with Gasteiger partial charge in [-0.2, -0.15) is 4.98 Å². The van der Waals surface area contributed by atoms with Gasteiger partial charge in [-0.15, -0.1) is 0 Å². The summed E-state index contributed by atoms with van der Waals surface area (Å²) in [5, 5.41) is 3.77. The second-order valence-corrected chi connectivity index (χ2v) is 9.83. The van der Waals surface area contributed by atoms with Crippen LogP contribution < -0.4 is 10.2 Å². The predicted octanol–water partition coefficient (Wildman–Crippen LogP) is 5.05. The van der Waals surface area contributed by atoms with Crippen LogP contribution in [0, 0.1) is 5.92 Å². The Bertz CT molecular complexity index is 664. The largest absolute Gasteiger partial charge is 0.356 e. The first-order valence-electron chi connectivity index (χ1n) is 12.9. The van der Waals surface area contributed by atoms with E-state index >= 15 is 0 Å². The summed E-state index contributed by atoms with van der Waals surface area (Å²) in [5.41, 5.74) is 2.77. The molecule has 0 amide bonds. The van der Waals surface area contributed by atoms with E-state index in [1.807, 2.05) is 0 Å². The van der Waals surface area contributed by atoms with Gasteiger partial charge in [0.05, 0.1) is 5.69 Å². The molecule has 5 heteroatoms. The number of hydrogen-bond acceptors (Lipinski definition) is 5. The van der Waals surface area contributed by atoms with E-state index in [-0.39, 0.29) is 0 Å². The highest BCUT2D eigenvalue weighted by Crippen LogP contribution is 2.31. The summed E-state index contributed by atoms with van der Waals surface area (Å²) in [4.78, 5) is 15.4. The van der Waals surface area contributed by atoms with Gasteiger partial charge < -0.3 is 15.1 Å². The van der Waals surface area contributed by atoms with Crippen LogP contribution in [0.3, 0.4) is 0 Å². The van der Waals surface area contributed by atoms with E-state index in [1.165, 1.54) is 94.4 Å². The number of anilines is 2. The topological polar surface area (TPSA) is 44.3 Å². The molecule has 2 aliphatic heterocycles. The van der Waals surface area contributed by atoms with Gasteiger partial charge in [0, 0.05) is 37.8 Å². The van der Waals surface area contributed by atoms with Gasteiger partial charge in [0.25, 0.3) is 0 Å². The molecule has 1 N–H and O–H groups in total. The number of nitrogens with one attached hydrogen (secondary N) is 1. The van der Waals surface area contributed by atoms with Crippen LogP contribution in [-0.2, 0) is 12.8 Å². The zero-order valence-corrected chi connectivity index (χ0v) is 19.5. The lowest BCUT2D eigenvalue weighted by molar-refractivity contribution is 0.181. The maximum atomic E-state index is 5.15. The number of fused-ring (bicyclic) bond motifs is 1. The van der Waals surface area contributed by atoms with E-state index in [0.717, 1.165) is 44.3 Å². The molecule has 1 atom stereocenters. The minimum Gasteiger partial charge on any atom is -0.356 e. The van der Waals surface area contributed by atoms with Crippen molar-refractivity contribution in [1.29, 1.82) is 0 Å². The van der Waals surface area contributed by atoms with Crippen molar-refractivity contribution in [2.45, 2.75) is 96.9 Å². The molecular weight excluding hydrogens is 370 g/mol. The third kappa shape index (κ3) is 5.46. The molecule has 0 unspecified atom stereocenters. The molecule has 2 saturated heterocycles. The Morgan fingerprint density at radius 2 is 1.67 bits per heavy atom. The van der Waals surface area contributed by atoms with E-state index in [0.29, 0.717) is 6.04 Å². The van der Waals surface area contributed by atoms with E-state index in [9.17, 15) is 0 Å². The highest BCUT2D eigenvalue weighted by Gasteiger charge is 2.25. The monoisotopic (exact) mass is 413 g/mol. The Balaban J connectivity index is 1.49. The lowest BCUT2D eigenvalue weighted by atomic mass is 9.96. The van der Waals surface area contributed by atoms with Crippen LogP contribution in [0.15, 0.2) is 0 Å². The maximum Gasteiger partial charge on any atom is 0.225 e. The second kappa shape index (κ2) is 10.8. The van der Waals surface area contributed by atoms with Gasteiger partial charge in [-0.25, -0.2) is 4.98 Å². The fourth-order valence-electron chi connectivity index (χ4n) is 5.62. The number of likely N-dealkylation sites (tertiary alicyclic amines) is 1. The highest BCUT2D eigenvalue weighted by molar-refractivity contribution is 5.54. The van der Waals surface area contributed by atoms with Crippen LogP contribution in [-0.4, -0.2) is 53.6 Å². The third-order valence-electron chi connectivity index (χ3n) is 7.58. The van der Waals surface area contributed by atoms with Crippen molar-refractivity contribution in [1.82, 2.24) is 14.9 Å². The van der Waals surface area contributed by atoms with Crippen molar-refractivity contribution >= 4 is 11.8 Å². The molecule has 0 saturated carbocycles. The van der Waals surface area contributed by atoms with Crippen molar-refractivity contribution in [3.05, 3.63) is 11.3 Å². The third-order valence-corrected chi connectivity index (χ3v) is 7.58. The molecule has 168 valence electrons. The first kappa shape index (κ1) is 21.9. The standard InChI is InChI=1S/C25H43N5/c1-3-20(4-2)18-29-15-11-12-21(19-29)26-25-27-23-14-8-7-13-22(23)24(28-25)30-16-9-5-6-10-17-30/h20-21H,3-19H2,1-2H3,(H,26,27,28)/t21-/m0/s1. The lowest BCUT2D eigenvalue weighted by Gasteiger charge is -2.35. The van der Waals surface area contributed by atoms with Crippen molar-refractivity contribution in [2.75, 3.05) is 42.9 Å². The number of aromatic nitrogens is 2. The predicted molar refractivity (Wildman–Crippen MR) is 127 cm³/mol. The van der Waals surface area contributed by atoms with Crippen molar-refractivity contribution in [3.63, 3.8) is 0 Å². The van der Waals surface area contributed by atoms with Gasteiger partial charge in [-0.1, -0.05) is 39.5 Å². The first-order valence-corrected chi connectivity index (χ1v) is 12.9. The molecule has 1 aliphatic carbocycles. The van der Waals surface area contributed by atoms with E-state index in [1.54, 1.807) is 0 Å². The number of aryl methyl sites for hydroxylation is 1. The average Bonchev–Trinajstić information content (AvgIpc) is 3.07. The highest BCUT2D eigenvalue weighted by atomic mass is 15.3. The molecule has 0 bridgehead atoms. The van der Waals surface area contributed by atoms with E-state index in [2.05, 4.69) is 29.0 Å². The molecule has 2 fully saturated rings. The summed E-state index contributed by atoms with van der Waals surface area (Å²) in [6.07, 6.45) is 15.3. The number of nitrogens with zero attached hydrogens (tertiary/aromatic N) is 4. The quantitative estimate of drug-likeness (QED) is 0.678. The minimum atomic E-state index is 0.478. The molecule has 0 spiro atoms. The van der Waals surface area contributed by atoms with Crippen LogP contribution in [0.25, 0.3) is 0 Å². The Hall–Kier alpha value is -1.36. The molecule has 0 aromatic carbocycles. The molecule has 1 aromatic rings. The van der Waals surface area contributed by atoms with Gasteiger partial charge >= 0.3 is 0 Å². The van der Waals surface area contributed by atoms with Crippen LogP contribution in [0.2, 0.25) is 0 Å².